The van der Waals surface area contributed by atoms with E-state index in [0.717, 1.165) is 24.0 Å². The number of aliphatic hydroxyl groups is 1. The summed E-state index contributed by atoms with van der Waals surface area (Å²) < 4.78 is 6.72. The van der Waals surface area contributed by atoms with Gasteiger partial charge < -0.3 is 9.53 Å². The van der Waals surface area contributed by atoms with Crippen LogP contribution in [0.2, 0.25) is 19.6 Å². The Morgan fingerprint density at radius 2 is 1.50 bits per heavy atom. The second kappa shape index (κ2) is 9.54. The molecule has 0 spiro atoms. The number of allylic oxidation sites excluding steroid dienone is 2. The van der Waals surface area contributed by atoms with Gasteiger partial charge in [-0.2, -0.15) is 0 Å². The molecule has 2 nitrogen and oxygen atoms in total. The minimum absolute atomic E-state index is 0.203. The molecule has 0 aliphatic rings. The van der Waals surface area contributed by atoms with Crippen molar-refractivity contribution >= 4 is 8.32 Å². The summed E-state index contributed by atoms with van der Waals surface area (Å²) in [6.07, 6.45) is 5.44. The standard InChI is InChI=1S/C23H28O2Si/c1-26(2,3)25-23(21-15-9-7-10-16-21,22-17-11-8-12-18-22)19-13-5-4-6-14-20-24/h4-5,7-12,15-18,24H,6,14,20H2,1-3H3/b5-4+. The zero-order chi connectivity index (χ0) is 18.9. The Morgan fingerprint density at radius 1 is 0.962 bits per heavy atom. The molecule has 0 saturated carbocycles. The lowest BCUT2D eigenvalue weighted by Crippen LogP contribution is -2.40. The van der Waals surface area contributed by atoms with E-state index in [9.17, 15) is 0 Å². The number of unbranched alkanes of at least 4 members (excludes halogenated alkanes) is 1. The first-order valence-electron chi connectivity index (χ1n) is 9.08. The molecular weight excluding hydrogens is 336 g/mol. The first-order chi connectivity index (χ1) is 12.5. The van der Waals surface area contributed by atoms with Crippen LogP contribution < -0.4 is 0 Å². The van der Waals surface area contributed by atoms with E-state index in [0.29, 0.717) is 0 Å². The smallest absolute Gasteiger partial charge is 0.186 e. The molecule has 0 saturated heterocycles. The minimum atomic E-state index is -1.90. The lowest BCUT2D eigenvalue weighted by Gasteiger charge is -2.36. The normalized spacial score (nSPS) is 12.0. The molecule has 0 amide bonds. The molecule has 0 atom stereocenters. The summed E-state index contributed by atoms with van der Waals surface area (Å²) in [7, 11) is -1.90. The van der Waals surface area contributed by atoms with Crippen LogP contribution in [0.1, 0.15) is 24.0 Å². The largest absolute Gasteiger partial charge is 0.396 e. The van der Waals surface area contributed by atoms with Crippen molar-refractivity contribution in [3.8, 4) is 11.8 Å². The highest BCUT2D eigenvalue weighted by molar-refractivity contribution is 6.69. The lowest BCUT2D eigenvalue weighted by molar-refractivity contribution is 0.166. The molecule has 0 aliphatic carbocycles. The Balaban J connectivity index is 2.54. The van der Waals surface area contributed by atoms with Crippen LogP contribution in [-0.4, -0.2) is 20.0 Å². The van der Waals surface area contributed by atoms with Crippen molar-refractivity contribution in [2.75, 3.05) is 6.61 Å². The van der Waals surface area contributed by atoms with E-state index in [4.69, 9.17) is 9.53 Å². The number of aliphatic hydroxyl groups excluding tert-OH is 1. The average molecular weight is 365 g/mol. The van der Waals surface area contributed by atoms with Gasteiger partial charge in [0, 0.05) is 6.61 Å². The maximum atomic E-state index is 8.89. The van der Waals surface area contributed by atoms with Crippen LogP contribution in [0.4, 0.5) is 0 Å². The van der Waals surface area contributed by atoms with Gasteiger partial charge in [0.15, 0.2) is 13.9 Å². The quantitative estimate of drug-likeness (QED) is 0.420. The van der Waals surface area contributed by atoms with Crippen LogP contribution in [0.3, 0.4) is 0 Å². The fraction of sp³-hybridized carbons (Fsp3) is 0.304. The minimum Gasteiger partial charge on any atom is -0.396 e. The summed E-state index contributed by atoms with van der Waals surface area (Å²) in [4.78, 5) is 0. The number of rotatable bonds is 7. The number of hydrogen-bond acceptors (Lipinski definition) is 2. The van der Waals surface area contributed by atoms with Gasteiger partial charge in [0.2, 0.25) is 0 Å². The predicted octanol–water partition coefficient (Wildman–Crippen LogP) is 5.11. The zero-order valence-corrected chi connectivity index (χ0v) is 16.9. The van der Waals surface area contributed by atoms with Crippen molar-refractivity contribution in [3.05, 3.63) is 83.9 Å². The number of hydrogen-bond donors (Lipinski definition) is 1. The topological polar surface area (TPSA) is 29.5 Å². The first kappa shape index (κ1) is 20.2. The van der Waals surface area contributed by atoms with E-state index in [1.807, 2.05) is 48.6 Å². The molecule has 26 heavy (non-hydrogen) atoms. The summed E-state index contributed by atoms with van der Waals surface area (Å²) in [6, 6.07) is 20.5. The molecule has 2 aromatic rings. The zero-order valence-electron chi connectivity index (χ0n) is 15.9. The molecule has 3 heteroatoms. The van der Waals surface area contributed by atoms with Gasteiger partial charge >= 0.3 is 0 Å². The Hall–Kier alpha value is -2.12. The second-order valence-corrected chi connectivity index (χ2v) is 11.6. The second-order valence-electron chi connectivity index (χ2n) is 7.17. The van der Waals surface area contributed by atoms with Crippen molar-refractivity contribution in [2.24, 2.45) is 0 Å². The van der Waals surface area contributed by atoms with Gasteiger partial charge in [0.05, 0.1) is 0 Å². The van der Waals surface area contributed by atoms with Crippen LogP contribution >= 0.6 is 0 Å². The molecule has 0 radical (unpaired) electrons. The van der Waals surface area contributed by atoms with Gasteiger partial charge in [-0.05, 0) is 49.7 Å². The van der Waals surface area contributed by atoms with E-state index in [1.165, 1.54) is 0 Å². The van der Waals surface area contributed by atoms with Gasteiger partial charge in [0.1, 0.15) is 0 Å². The third-order valence-corrected chi connectivity index (χ3v) is 4.72. The molecule has 0 aromatic heterocycles. The van der Waals surface area contributed by atoms with E-state index in [2.05, 4.69) is 55.7 Å². The summed E-state index contributed by atoms with van der Waals surface area (Å²) in [6.45, 7) is 6.76. The number of benzene rings is 2. The summed E-state index contributed by atoms with van der Waals surface area (Å²) >= 11 is 0. The Bertz CT molecular complexity index is 710. The Morgan fingerprint density at radius 3 is 1.96 bits per heavy atom. The third kappa shape index (κ3) is 5.71. The highest BCUT2D eigenvalue weighted by Gasteiger charge is 2.38. The van der Waals surface area contributed by atoms with Crippen LogP contribution in [0.15, 0.2) is 72.8 Å². The summed E-state index contributed by atoms with van der Waals surface area (Å²) in [5.74, 6) is 6.60. The van der Waals surface area contributed by atoms with Gasteiger partial charge in [-0.25, -0.2) is 0 Å². The van der Waals surface area contributed by atoms with Gasteiger partial charge in [0.25, 0.3) is 0 Å². The van der Waals surface area contributed by atoms with Crippen LogP contribution in [0.5, 0.6) is 0 Å². The highest BCUT2D eigenvalue weighted by atomic mass is 28.4. The van der Waals surface area contributed by atoms with Crippen LogP contribution in [0, 0.1) is 11.8 Å². The van der Waals surface area contributed by atoms with Gasteiger partial charge in [-0.1, -0.05) is 78.6 Å². The first-order valence-corrected chi connectivity index (χ1v) is 12.5. The van der Waals surface area contributed by atoms with Crippen molar-refractivity contribution < 1.29 is 9.53 Å². The van der Waals surface area contributed by atoms with Crippen LogP contribution in [-0.2, 0) is 10.0 Å². The van der Waals surface area contributed by atoms with Gasteiger partial charge in [-0.15, -0.1) is 0 Å². The molecule has 2 aromatic carbocycles. The predicted molar refractivity (Wildman–Crippen MR) is 111 cm³/mol. The van der Waals surface area contributed by atoms with Crippen molar-refractivity contribution in [1.82, 2.24) is 0 Å². The fourth-order valence-electron chi connectivity index (χ4n) is 2.75. The summed E-state index contributed by atoms with van der Waals surface area (Å²) in [5, 5.41) is 8.89. The molecule has 0 fully saturated rings. The molecule has 136 valence electrons. The average Bonchev–Trinajstić information content (AvgIpc) is 2.64. The Kier molecular flexibility index (Phi) is 7.41. The van der Waals surface area contributed by atoms with E-state index >= 15 is 0 Å². The maximum Gasteiger partial charge on any atom is 0.186 e. The van der Waals surface area contributed by atoms with Gasteiger partial charge in [-0.3, -0.25) is 0 Å². The molecular formula is C23H28O2Si. The van der Waals surface area contributed by atoms with E-state index < -0.39 is 13.9 Å². The SMILES string of the molecule is C[Si](C)(C)OC(C#C/C=C/CCCO)(c1ccccc1)c1ccccc1. The van der Waals surface area contributed by atoms with E-state index in [-0.39, 0.29) is 6.61 Å². The highest BCUT2D eigenvalue weighted by Crippen LogP contribution is 2.36. The lowest BCUT2D eigenvalue weighted by atomic mass is 9.87. The molecule has 0 heterocycles. The monoisotopic (exact) mass is 364 g/mol. The molecule has 2 rings (SSSR count). The maximum absolute atomic E-state index is 8.89. The third-order valence-electron chi connectivity index (χ3n) is 3.80. The Labute approximate surface area is 158 Å². The van der Waals surface area contributed by atoms with Crippen LogP contribution in [0.25, 0.3) is 0 Å². The molecule has 0 bridgehead atoms. The summed E-state index contributed by atoms with van der Waals surface area (Å²) in [5.41, 5.74) is 1.31. The van der Waals surface area contributed by atoms with E-state index in [1.54, 1.807) is 0 Å². The fourth-order valence-corrected chi connectivity index (χ4v) is 3.96. The van der Waals surface area contributed by atoms with Crippen molar-refractivity contribution in [1.29, 1.82) is 0 Å². The molecule has 0 unspecified atom stereocenters. The molecule has 1 N–H and O–H groups in total. The van der Waals surface area contributed by atoms with Crippen molar-refractivity contribution in [2.45, 2.75) is 38.1 Å². The van der Waals surface area contributed by atoms with Crippen molar-refractivity contribution in [3.63, 3.8) is 0 Å². The molecule has 0 aliphatic heterocycles.